The van der Waals surface area contributed by atoms with Crippen LogP contribution in [-0.4, -0.2) is 87.4 Å². The number of pyridine rings is 1. The Labute approximate surface area is 275 Å². The molecule has 1 heterocycles. The highest BCUT2D eigenvalue weighted by atomic mass is 32.2. The van der Waals surface area contributed by atoms with Crippen LogP contribution in [0.1, 0.15) is 51.1 Å². The van der Waals surface area contributed by atoms with Crippen LogP contribution < -0.4 is 9.30 Å². The average molecular weight is 687 g/mol. The number of carboxylic acid groups (broad SMARTS) is 1. The molecule has 0 atom stereocenters. The van der Waals surface area contributed by atoms with Crippen molar-refractivity contribution in [2.75, 3.05) is 44.4 Å². The number of aromatic carboxylic acids is 1. The number of sulfone groups is 1. The Bertz CT molecular complexity index is 1960. The Kier molecular flexibility index (Phi) is 11.1. The number of para-hydroxylation sites is 2. The van der Waals surface area contributed by atoms with E-state index in [9.17, 15) is 31.5 Å². The van der Waals surface area contributed by atoms with Crippen LogP contribution in [0.2, 0.25) is 0 Å². The smallest absolute Gasteiger partial charge is 0.345 e. The second-order valence-electron chi connectivity index (χ2n) is 12.6. The van der Waals surface area contributed by atoms with Crippen molar-refractivity contribution >= 4 is 53.7 Å². The molecule has 1 aromatic heterocycles. The molecule has 0 saturated heterocycles. The molecule has 0 aliphatic rings. The van der Waals surface area contributed by atoms with E-state index < -0.39 is 31.9 Å². The molecule has 3 aromatic carbocycles. The van der Waals surface area contributed by atoms with E-state index in [0.717, 1.165) is 11.0 Å². The number of carbonyl (C=O) groups excluding carboxylic acids is 1. The maximum absolute atomic E-state index is 13.8. The summed E-state index contributed by atoms with van der Waals surface area (Å²) in [6.45, 7) is 4.82. The van der Waals surface area contributed by atoms with Crippen molar-refractivity contribution in [3.63, 3.8) is 0 Å². The fraction of sp³-hybridized carbons (Fsp3) is 0.382. The number of fused-ring (bicyclic) bond motifs is 2. The molecule has 252 valence electrons. The predicted octanol–water partition coefficient (Wildman–Crippen LogP) is 4.36. The summed E-state index contributed by atoms with van der Waals surface area (Å²) in [5.74, 6) is -1.68. The summed E-state index contributed by atoms with van der Waals surface area (Å²) in [6.07, 6.45) is 1.06. The van der Waals surface area contributed by atoms with Crippen LogP contribution in [0.15, 0.2) is 60.7 Å². The Morgan fingerprint density at radius 2 is 1.28 bits per heavy atom. The summed E-state index contributed by atoms with van der Waals surface area (Å²) in [4.78, 5) is 25.3. The van der Waals surface area contributed by atoms with Gasteiger partial charge in [0.15, 0.2) is 16.4 Å². The van der Waals surface area contributed by atoms with Gasteiger partial charge >= 0.3 is 11.9 Å². The number of nitrogens with zero attached hydrogens (tertiary/aromatic N) is 2. The van der Waals surface area contributed by atoms with Crippen molar-refractivity contribution in [1.29, 1.82) is 0 Å². The second-order valence-corrected chi connectivity index (χ2v) is 16.5. The standard InChI is InChI=1S/C34H40N2O9S2/c1-24-22-26(33(37)38)23-25(2)32(24)45-34(39)31-27-12-5-7-14-29(27)35(30-15-8-6-13-28(30)31)16-9-19-46(40,41)20-10-17-36(3,4)18-11-21-47(42,43)44/h5-8,12-15,22-23H,9-11,16-21H2,1-4H3/p+2. The second kappa shape index (κ2) is 14.5. The molecule has 47 heavy (non-hydrogen) atoms. The van der Waals surface area contributed by atoms with Crippen molar-refractivity contribution in [2.45, 2.75) is 39.7 Å². The monoisotopic (exact) mass is 686 g/mol. The van der Waals surface area contributed by atoms with Crippen molar-refractivity contribution in [3.05, 3.63) is 82.9 Å². The van der Waals surface area contributed by atoms with E-state index >= 15 is 0 Å². The lowest BCUT2D eigenvalue weighted by Crippen LogP contribution is -2.42. The quantitative estimate of drug-likeness (QED) is 0.0463. The van der Waals surface area contributed by atoms with Gasteiger partial charge in [0.05, 0.1) is 66.3 Å². The molecule has 0 spiro atoms. The fourth-order valence-corrected chi connectivity index (χ4v) is 7.83. The van der Waals surface area contributed by atoms with Crippen LogP contribution in [-0.2, 0) is 26.5 Å². The van der Waals surface area contributed by atoms with Crippen LogP contribution in [0.3, 0.4) is 0 Å². The fourth-order valence-electron chi connectivity index (χ4n) is 6.00. The predicted molar refractivity (Wildman–Crippen MR) is 180 cm³/mol. The van der Waals surface area contributed by atoms with Crippen LogP contribution in [0.25, 0.3) is 21.8 Å². The van der Waals surface area contributed by atoms with E-state index in [2.05, 4.69) is 0 Å². The van der Waals surface area contributed by atoms with Crippen LogP contribution in [0, 0.1) is 13.8 Å². The first-order chi connectivity index (χ1) is 22.0. The molecule has 0 amide bonds. The van der Waals surface area contributed by atoms with E-state index in [4.69, 9.17) is 9.29 Å². The Morgan fingerprint density at radius 3 is 1.79 bits per heavy atom. The van der Waals surface area contributed by atoms with Crippen LogP contribution >= 0.6 is 0 Å². The topological polar surface area (TPSA) is 156 Å². The highest BCUT2D eigenvalue weighted by Gasteiger charge is 2.27. The van der Waals surface area contributed by atoms with Crippen LogP contribution in [0.5, 0.6) is 5.75 Å². The number of hydrogen-bond acceptors (Lipinski definition) is 7. The van der Waals surface area contributed by atoms with Gasteiger partial charge in [-0.3, -0.25) is 4.55 Å². The minimum absolute atomic E-state index is 0.0101. The van der Waals surface area contributed by atoms with Gasteiger partial charge in [-0.2, -0.15) is 13.0 Å². The van der Waals surface area contributed by atoms with E-state index in [0.29, 0.717) is 70.2 Å². The molecule has 0 saturated carbocycles. The van der Waals surface area contributed by atoms with Gasteiger partial charge in [-0.15, -0.1) is 0 Å². The van der Waals surface area contributed by atoms with Gasteiger partial charge in [-0.25, -0.2) is 18.0 Å². The van der Waals surface area contributed by atoms with Gasteiger partial charge < -0.3 is 14.3 Å². The van der Waals surface area contributed by atoms with Gasteiger partial charge in [0.25, 0.3) is 10.1 Å². The number of carboxylic acids is 1. The highest BCUT2D eigenvalue weighted by Crippen LogP contribution is 2.30. The number of aromatic nitrogens is 1. The summed E-state index contributed by atoms with van der Waals surface area (Å²) >= 11 is 0. The number of esters is 1. The number of carbonyl (C=O) groups is 2. The maximum atomic E-state index is 13.8. The molecule has 13 heteroatoms. The molecule has 0 fully saturated rings. The molecular weight excluding hydrogens is 645 g/mol. The minimum Gasteiger partial charge on any atom is -0.478 e. The normalized spacial score (nSPS) is 12.4. The molecule has 4 rings (SSSR count). The van der Waals surface area contributed by atoms with Crippen molar-refractivity contribution in [3.8, 4) is 5.75 Å². The zero-order valence-electron chi connectivity index (χ0n) is 27.1. The number of quaternary nitrogens is 1. The summed E-state index contributed by atoms with van der Waals surface area (Å²) < 4.78 is 65.3. The number of benzene rings is 3. The third kappa shape index (κ3) is 9.34. The molecule has 2 N–H and O–H groups in total. The largest absolute Gasteiger partial charge is 0.478 e. The number of aryl methyl sites for hydroxylation is 3. The van der Waals surface area contributed by atoms with Crippen molar-refractivity contribution in [1.82, 2.24) is 0 Å². The third-order valence-electron chi connectivity index (χ3n) is 8.26. The Hall–Kier alpha value is -3.91. The lowest BCUT2D eigenvalue weighted by molar-refractivity contribution is -0.890. The van der Waals surface area contributed by atoms with E-state index in [-0.39, 0.29) is 29.2 Å². The van der Waals surface area contributed by atoms with Crippen molar-refractivity contribution < 1.29 is 49.9 Å². The molecule has 11 nitrogen and oxygen atoms in total. The Morgan fingerprint density at radius 1 is 0.787 bits per heavy atom. The first kappa shape index (κ1) is 35.9. The van der Waals surface area contributed by atoms with Gasteiger partial charge in [0.1, 0.15) is 5.75 Å². The van der Waals surface area contributed by atoms with E-state index in [1.165, 1.54) is 12.1 Å². The molecule has 0 radical (unpaired) electrons. The third-order valence-corrected chi connectivity index (χ3v) is 10.9. The molecule has 0 aliphatic carbocycles. The SMILES string of the molecule is Cc1cc(C(=O)O)cc(C)c1OC(=O)c1c2ccccc2[n+](CCCS(=O)(=O)CCC[N+](C)(C)CCCS(=O)(=O)O)c2ccccc12. The lowest BCUT2D eigenvalue weighted by Gasteiger charge is -2.29. The lowest BCUT2D eigenvalue weighted by atomic mass is 10.0. The van der Waals surface area contributed by atoms with Gasteiger partial charge in [-0.05, 0) is 49.2 Å². The van der Waals surface area contributed by atoms with Crippen molar-refractivity contribution in [2.24, 2.45) is 0 Å². The first-order valence-electron chi connectivity index (χ1n) is 15.4. The molecule has 0 unspecified atom stereocenters. The molecular formula is C34H42N2O9S2+2. The zero-order valence-corrected chi connectivity index (χ0v) is 28.7. The number of ether oxygens (including phenoxy) is 1. The zero-order chi connectivity index (χ0) is 34.6. The van der Waals surface area contributed by atoms with Gasteiger partial charge in [-0.1, -0.05) is 24.3 Å². The molecule has 0 aliphatic heterocycles. The maximum Gasteiger partial charge on any atom is 0.345 e. The summed E-state index contributed by atoms with van der Waals surface area (Å²) in [6, 6.07) is 17.7. The van der Waals surface area contributed by atoms with E-state index in [1.54, 1.807) is 13.8 Å². The summed E-state index contributed by atoms with van der Waals surface area (Å²) in [7, 11) is -3.59. The van der Waals surface area contributed by atoms with Crippen LogP contribution in [0.4, 0.5) is 0 Å². The number of hydrogen-bond donors (Lipinski definition) is 2. The number of rotatable bonds is 15. The first-order valence-corrected chi connectivity index (χ1v) is 18.8. The molecule has 4 aromatic rings. The minimum atomic E-state index is -4.03. The summed E-state index contributed by atoms with van der Waals surface area (Å²) in [5, 5.41) is 10.7. The van der Waals surface area contributed by atoms with E-state index in [1.807, 2.05) is 67.2 Å². The average Bonchev–Trinajstić information content (AvgIpc) is 2.97. The summed E-state index contributed by atoms with van der Waals surface area (Å²) in [5.41, 5.74) is 3.00. The highest BCUT2D eigenvalue weighted by molar-refractivity contribution is 7.91. The molecule has 0 bridgehead atoms. The van der Waals surface area contributed by atoms with Gasteiger partial charge in [0, 0.05) is 31.4 Å². The Balaban J connectivity index is 1.53. The van der Waals surface area contributed by atoms with Gasteiger partial charge in [0.2, 0.25) is 11.0 Å².